The third kappa shape index (κ3) is 3.49. The number of carbonyl (C=O) groups excluding carboxylic acids is 1. The van der Waals surface area contributed by atoms with E-state index in [9.17, 15) is 4.79 Å². The van der Waals surface area contributed by atoms with Gasteiger partial charge >= 0.3 is 0 Å². The Morgan fingerprint density at radius 1 is 1.35 bits per heavy atom. The van der Waals surface area contributed by atoms with Crippen LogP contribution in [-0.4, -0.2) is 37.2 Å². The standard InChI is InChI=1S/C15H23N3O2/c1-10-8-18(9-11(2)20-10)14-7-5-4-6-13(14)17-15(19)12(3)16/h4-7,10-12H,8-9,16H2,1-3H3,(H,17,19)/t10?,11?,12-/m1/s1. The Bertz CT molecular complexity index is 466. The van der Waals surface area contributed by atoms with E-state index in [2.05, 4.69) is 24.1 Å². The van der Waals surface area contributed by atoms with Gasteiger partial charge in [0.2, 0.25) is 5.91 Å². The van der Waals surface area contributed by atoms with Gasteiger partial charge in [0, 0.05) is 13.1 Å². The molecule has 0 aliphatic carbocycles. The zero-order valence-electron chi connectivity index (χ0n) is 12.3. The fraction of sp³-hybridized carbons (Fsp3) is 0.533. The number of amides is 1. The summed E-state index contributed by atoms with van der Waals surface area (Å²) in [5.74, 6) is -0.174. The van der Waals surface area contributed by atoms with Crippen LogP contribution in [0.3, 0.4) is 0 Å². The highest BCUT2D eigenvalue weighted by molar-refractivity contribution is 5.97. The number of nitrogens with one attached hydrogen (secondary N) is 1. The molecule has 1 aliphatic rings. The molecule has 1 amide bonds. The molecule has 0 radical (unpaired) electrons. The molecule has 110 valence electrons. The number of nitrogens with two attached hydrogens (primary N) is 1. The minimum atomic E-state index is -0.523. The van der Waals surface area contributed by atoms with Crippen LogP contribution < -0.4 is 16.0 Å². The zero-order chi connectivity index (χ0) is 14.7. The molecule has 3 N–H and O–H groups in total. The number of hydrogen-bond acceptors (Lipinski definition) is 4. The number of nitrogens with zero attached hydrogens (tertiary/aromatic N) is 1. The molecule has 2 unspecified atom stereocenters. The predicted molar refractivity (Wildman–Crippen MR) is 80.9 cm³/mol. The van der Waals surface area contributed by atoms with Crippen LogP contribution in [0.25, 0.3) is 0 Å². The molecular weight excluding hydrogens is 254 g/mol. The summed E-state index contributed by atoms with van der Waals surface area (Å²) in [5.41, 5.74) is 7.43. The number of ether oxygens (including phenoxy) is 1. The summed E-state index contributed by atoms with van der Waals surface area (Å²) in [7, 11) is 0. The number of hydrogen-bond donors (Lipinski definition) is 2. The van der Waals surface area contributed by atoms with Crippen LogP contribution >= 0.6 is 0 Å². The van der Waals surface area contributed by atoms with Crippen molar-refractivity contribution in [2.24, 2.45) is 5.73 Å². The third-order valence-corrected chi connectivity index (χ3v) is 3.34. The summed E-state index contributed by atoms with van der Waals surface area (Å²) in [6.45, 7) is 7.43. The second kappa shape index (κ2) is 6.24. The molecular formula is C15H23N3O2. The predicted octanol–water partition coefficient (Wildman–Crippen LogP) is 1.59. The Hall–Kier alpha value is -1.59. The van der Waals surface area contributed by atoms with Gasteiger partial charge in [0.15, 0.2) is 0 Å². The molecule has 1 fully saturated rings. The first-order chi connectivity index (χ1) is 9.47. The largest absolute Gasteiger partial charge is 0.372 e. The van der Waals surface area contributed by atoms with Gasteiger partial charge in [-0.3, -0.25) is 4.79 Å². The molecule has 3 atom stereocenters. The molecule has 20 heavy (non-hydrogen) atoms. The van der Waals surface area contributed by atoms with Gasteiger partial charge in [-0.25, -0.2) is 0 Å². The zero-order valence-corrected chi connectivity index (χ0v) is 12.3. The number of anilines is 2. The second-order valence-corrected chi connectivity index (χ2v) is 5.46. The smallest absolute Gasteiger partial charge is 0.241 e. The lowest BCUT2D eigenvalue weighted by Gasteiger charge is -2.37. The highest BCUT2D eigenvalue weighted by atomic mass is 16.5. The number of benzene rings is 1. The molecule has 0 aromatic heterocycles. The van der Waals surface area contributed by atoms with Crippen molar-refractivity contribution in [1.82, 2.24) is 0 Å². The fourth-order valence-corrected chi connectivity index (χ4v) is 2.48. The van der Waals surface area contributed by atoms with E-state index in [0.29, 0.717) is 0 Å². The molecule has 1 aliphatic heterocycles. The van der Waals surface area contributed by atoms with Crippen LogP contribution in [0, 0.1) is 0 Å². The molecule has 2 rings (SSSR count). The number of morpholine rings is 1. The number of rotatable bonds is 3. The lowest BCUT2D eigenvalue weighted by atomic mass is 10.1. The van der Waals surface area contributed by atoms with Gasteiger partial charge in [-0.05, 0) is 32.9 Å². The molecule has 1 heterocycles. The fourth-order valence-electron chi connectivity index (χ4n) is 2.48. The van der Waals surface area contributed by atoms with Crippen molar-refractivity contribution >= 4 is 17.3 Å². The van der Waals surface area contributed by atoms with Crippen molar-refractivity contribution in [2.75, 3.05) is 23.3 Å². The minimum Gasteiger partial charge on any atom is -0.372 e. The van der Waals surface area contributed by atoms with E-state index in [1.54, 1.807) is 6.92 Å². The Balaban J connectivity index is 2.21. The van der Waals surface area contributed by atoms with E-state index in [1.165, 1.54) is 0 Å². The maximum atomic E-state index is 11.8. The number of carbonyl (C=O) groups is 1. The van der Waals surface area contributed by atoms with Gasteiger partial charge in [-0.15, -0.1) is 0 Å². The summed E-state index contributed by atoms with van der Waals surface area (Å²) >= 11 is 0. The van der Waals surface area contributed by atoms with Crippen LogP contribution in [0.2, 0.25) is 0 Å². The summed E-state index contributed by atoms with van der Waals surface area (Å²) in [6, 6.07) is 7.28. The van der Waals surface area contributed by atoms with Gasteiger partial charge in [-0.1, -0.05) is 12.1 Å². The molecule has 1 saturated heterocycles. The van der Waals surface area contributed by atoms with Gasteiger partial charge < -0.3 is 20.7 Å². The average Bonchev–Trinajstić information content (AvgIpc) is 2.38. The number of para-hydroxylation sites is 2. The van der Waals surface area contributed by atoms with Crippen LogP contribution in [0.1, 0.15) is 20.8 Å². The first kappa shape index (κ1) is 14.8. The summed E-state index contributed by atoms with van der Waals surface area (Å²) in [6.07, 6.45) is 0.354. The topological polar surface area (TPSA) is 67.6 Å². The van der Waals surface area contributed by atoms with Crippen molar-refractivity contribution in [1.29, 1.82) is 0 Å². The van der Waals surface area contributed by atoms with E-state index in [1.807, 2.05) is 24.3 Å². The maximum absolute atomic E-state index is 11.8. The minimum absolute atomic E-state index is 0.174. The summed E-state index contributed by atoms with van der Waals surface area (Å²) < 4.78 is 5.75. The normalized spacial score (nSPS) is 24.3. The summed E-state index contributed by atoms with van der Waals surface area (Å²) in [4.78, 5) is 14.0. The van der Waals surface area contributed by atoms with Crippen molar-refractivity contribution in [2.45, 2.75) is 39.0 Å². The van der Waals surface area contributed by atoms with E-state index >= 15 is 0 Å². The summed E-state index contributed by atoms with van der Waals surface area (Å²) in [5, 5.41) is 2.89. The van der Waals surface area contributed by atoms with Crippen molar-refractivity contribution in [3.8, 4) is 0 Å². The van der Waals surface area contributed by atoms with E-state index < -0.39 is 6.04 Å². The Morgan fingerprint density at radius 3 is 2.55 bits per heavy atom. The first-order valence-electron chi connectivity index (χ1n) is 7.03. The molecule has 5 heteroatoms. The van der Waals surface area contributed by atoms with Crippen molar-refractivity contribution in [3.05, 3.63) is 24.3 Å². The van der Waals surface area contributed by atoms with Gasteiger partial charge in [0.1, 0.15) is 0 Å². The first-order valence-corrected chi connectivity index (χ1v) is 7.03. The van der Waals surface area contributed by atoms with Gasteiger partial charge in [0.05, 0.1) is 29.6 Å². The van der Waals surface area contributed by atoms with Crippen LogP contribution in [0.5, 0.6) is 0 Å². The SMILES string of the molecule is CC1CN(c2ccccc2NC(=O)[C@@H](C)N)CC(C)O1. The Labute approximate surface area is 120 Å². The van der Waals surface area contributed by atoms with Crippen LogP contribution in [0.15, 0.2) is 24.3 Å². The monoisotopic (exact) mass is 277 g/mol. The average molecular weight is 277 g/mol. The molecule has 0 saturated carbocycles. The van der Waals surface area contributed by atoms with Gasteiger partial charge in [-0.2, -0.15) is 0 Å². The Morgan fingerprint density at radius 2 is 1.95 bits per heavy atom. The quantitative estimate of drug-likeness (QED) is 0.880. The van der Waals surface area contributed by atoms with E-state index in [-0.39, 0.29) is 18.1 Å². The van der Waals surface area contributed by atoms with Gasteiger partial charge in [0.25, 0.3) is 0 Å². The van der Waals surface area contributed by atoms with E-state index in [0.717, 1.165) is 24.5 Å². The Kier molecular flexibility index (Phi) is 4.62. The highest BCUT2D eigenvalue weighted by Crippen LogP contribution is 2.28. The molecule has 1 aromatic carbocycles. The second-order valence-electron chi connectivity index (χ2n) is 5.46. The highest BCUT2D eigenvalue weighted by Gasteiger charge is 2.24. The lowest BCUT2D eigenvalue weighted by Crippen LogP contribution is -2.46. The molecule has 0 spiro atoms. The molecule has 1 aromatic rings. The van der Waals surface area contributed by atoms with Crippen LogP contribution in [0.4, 0.5) is 11.4 Å². The van der Waals surface area contributed by atoms with Crippen molar-refractivity contribution < 1.29 is 9.53 Å². The molecule has 5 nitrogen and oxygen atoms in total. The van der Waals surface area contributed by atoms with E-state index in [4.69, 9.17) is 10.5 Å². The van der Waals surface area contributed by atoms with Crippen LogP contribution in [-0.2, 0) is 9.53 Å². The lowest BCUT2D eigenvalue weighted by molar-refractivity contribution is -0.117. The molecule has 0 bridgehead atoms. The van der Waals surface area contributed by atoms with Crippen molar-refractivity contribution in [3.63, 3.8) is 0 Å². The third-order valence-electron chi connectivity index (χ3n) is 3.34. The maximum Gasteiger partial charge on any atom is 0.241 e.